The molecule has 0 aliphatic heterocycles. The second-order valence-corrected chi connectivity index (χ2v) is 0.204. The van der Waals surface area contributed by atoms with Gasteiger partial charge in [0.25, 0.3) is 0 Å². The SMILES string of the molecule is O=S=O.[Ru]. The van der Waals surface area contributed by atoms with Crippen molar-refractivity contribution in [2.45, 2.75) is 0 Å². The Hall–Kier alpha value is 0.443. The number of rotatable bonds is 0. The summed E-state index contributed by atoms with van der Waals surface area (Å²) < 4.78 is 16.6. The van der Waals surface area contributed by atoms with Gasteiger partial charge in [-0.15, -0.1) is 0 Å². The van der Waals surface area contributed by atoms with Gasteiger partial charge in [-0.25, -0.2) is 0 Å². The molecule has 0 saturated heterocycles. The number of hydrogen-bond acceptors (Lipinski definition) is 2. The molecule has 0 rings (SSSR count). The average Bonchev–Trinajstić information content (AvgIpc) is 0.918. The maximum absolute atomic E-state index is 8.29. The molecule has 4 heavy (non-hydrogen) atoms. The van der Waals surface area contributed by atoms with Gasteiger partial charge in [0.05, 0.1) is 0 Å². The van der Waals surface area contributed by atoms with Gasteiger partial charge < -0.3 is 0 Å². The summed E-state index contributed by atoms with van der Waals surface area (Å²) >= 11 is -0.750. The molecule has 0 aromatic heterocycles. The van der Waals surface area contributed by atoms with Gasteiger partial charge in [0.2, 0.25) is 0 Å². The van der Waals surface area contributed by atoms with Crippen LogP contribution in [0, 0.1) is 0 Å². The fourth-order valence-electron chi connectivity index (χ4n) is 0. The van der Waals surface area contributed by atoms with E-state index in [-0.39, 0.29) is 19.5 Å². The summed E-state index contributed by atoms with van der Waals surface area (Å²) in [6.45, 7) is 0. The van der Waals surface area contributed by atoms with Gasteiger partial charge in [0.15, 0.2) is 0 Å². The molecule has 26 valence electrons. The minimum atomic E-state index is -0.750. The van der Waals surface area contributed by atoms with Crippen LogP contribution in [-0.2, 0) is 31.0 Å². The third kappa shape index (κ3) is 25.9. The summed E-state index contributed by atoms with van der Waals surface area (Å²) in [7, 11) is 0. The molecular weight excluding hydrogens is 165 g/mol. The maximum atomic E-state index is 8.29. The molecular formula is O2RuS. The summed E-state index contributed by atoms with van der Waals surface area (Å²) in [5.41, 5.74) is 0. The standard InChI is InChI=1S/O2S.Ru/c1-3-2;. The van der Waals surface area contributed by atoms with Crippen LogP contribution in [0.3, 0.4) is 0 Å². The molecule has 0 aliphatic carbocycles. The predicted molar refractivity (Wildman–Crippen MR) is 8.92 cm³/mol. The molecule has 0 unspecified atom stereocenters. The zero-order valence-corrected chi connectivity index (χ0v) is 4.13. The largest absolute Gasteiger partial charge is 0.335 e. The average molecular weight is 165 g/mol. The minimum Gasteiger partial charge on any atom is -0.168 e. The first kappa shape index (κ1) is 8.82. The molecule has 0 bridgehead atoms. The Bertz CT molecular complexity index is 27.0. The monoisotopic (exact) mass is 166 g/mol. The Morgan fingerprint density at radius 1 is 1.25 bits per heavy atom. The van der Waals surface area contributed by atoms with E-state index in [9.17, 15) is 0 Å². The molecule has 0 saturated carbocycles. The van der Waals surface area contributed by atoms with E-state index < -0.39 is 11.6 Å². The van der Waals surface area contributed by atoms with E-state index in [1.165, 1.54) is 0 Å². The third-order valence-corrected chi connectivity index (χ3v) is 0. The van der Waals surface area contributed by atoms with Crippen molar-refractivity contribution in [2.24, 2.45) is 0 Å². The van der Waals surface area contributed by atoms with Gasteiger partial charge >= 0.3 is 11.6 Å². The normalized spacial score (nSPS) is 3.00. The maximum Gasteiger partial charge on any atom is 0.335 e. The van der Waals surface area contributed by atoms with Gasteiger partial charge in [0, 0.05) is 19.5 Å². The fourth-order valence-corrected chi connectivity index (χ4v) is 0. The molecule has 0 atom stereocenters. The second kappa shape index (κ2) is 9.87. The van der Waals surface area contributed by atoms with Crippen LogP contribution in [0.15, 0.2) is 0 Å². The van der Waals surface area contributed by atoms with Gasteiger partial charge in [-0.1, -0.05) is 0 Å². The molecule has 0 heterocycles. The van der Waals surface area contributed by atoms with Gasteiger partial charge in [-0.2, -0.15) is 8.42 Å². The van der Waals surface area contributed by atoms with E-state index in [2.05, 4.69) is 0 Å². The quantitative estimate of drug-likeness (QED) is 0.446. The Kier molecular flexibility index (Phi) is 21.8. The van der Waals surface area contributed by atoms with E-state index in [0.29, 0.717) is 0 Å². The molecule has 0 N–H and O–H groups in total. The first-order valence-electron chi connectivity index (χ1n) is 0.333. The molecule has 0 radical (unpaired) electrons. The Morgan fingerprint density at radius 2 is 1.25 bits per heavy atom. The van der Waals surface area contributed by atoms with Crippen molar-refractivity contribution in [1.82, 2.24) is 0 Å². The van der Waals surface area contributed by atoms with Crippen LogP contribution in [0.1, 0.15) is 0 Å². The zero-order valence-electron chi connectivity index (χ0n) is 1.58. The number of hydrogen-bond donors (Lipinski definition) is 0. The van der Waals surface area contributed by atoms with E-state index in [1.807, 2.05) is 0 Å². The zero-order chi connectivity index (χ0) is 2.71. The molecule has 4 heteroatoms. The van der Waals surface area contributed by atoms with Crippen molar-refractivity contribution in [3.8, 4) is 0 Å². The summed E-state index contributed by atoms with van der Waals surface area (Å²) in [6, 6.07) is 0. The first-order valence-corrected chi connectivity index (χ1v) is 1.00. The molecule has 0 spiro atoms. The summed E-state index contributed by atoms with van der Waals surface area (Å²) in [4.78, 5) is 0. The fraction of sp³-hybridized carbons (Fsp3) is 0. The minimum absolute atomic E-state index is 0. The van der Waals surface area contributed by atoms with Crippen molar-refractivity contribution >= 4 is 11.6 Å². The van der Waals surface area contributed by atoms with E-state index in [0.717, 1.165) is 0 Å². The van der Waals surface area contributed by atoms with Crippen molar-refractivity contribution in [2.75, 3.05) is 0 Å². The van der Waals surface area contributed by atoms with Crippen molar-refractivity contribution in [1.29, 1.82) is 0 Å². The second-order valence-electron chi connectivity index (χ2n) is 0.0680. The van der Waals surface area contributed by atoms with E-state index in [1.54, 1.807) is 0 Å². The summed E-state index contributed by atoms with van der Waals surface area (Å²) in [5, 5.41) is 0. The molecule has 0 aliphatic rings. The Balaban J connectivity index is 0. The third-order valence-electron chi connectivity index (χ3n) is 0. The first-order chi connectivity index (χ1) is 1.41. The molecule has 0 amide bonds. The van der Waals surface area contributed by atoms with Crippen LogP contribution in [0.25, 0.3) is 0 Å². The molecule has 0 aromatic rings. The topological polar surface area (TPSA) is 34.1 Å². The van der Waals surface area contributed by atoms with Crippen LogP contribution < -0.4 is 0 Å². The van der Waals surface area contributed by atoms with Crippen LogP contribution in [0.2, 0.25) is 0 Å². The Morgan fingerprint density at radius 3 is 1.25 bits per heavy atom. The smallest absolute Gasteiger partial charge is 0.168 e. The van der Waals surface area contributed by atoms with Crippen molar-refractivity contribution < 1.29 is 27.9 Å². The summed E-state index contributed by atoms with van der Waals surface area (Å²) in [5.74, 6) is 0. The van der Waals surface area contributed by atoms with Crippen LogP contribution in [0.4, 0.5) is 0 Å². The van der Waals surface area contributed by atoms with Gasteiger partial charge in [-0.05, 0) is 0 Å². The van der Waals surface area contributed by atoms with Crippen LogP contribution in [0.5, 0.6) is 0 Å². The van der Waals surface area contributed by atoms with E-state index >= 15 is 0 Å². The predicted octanol–water partition coefficient (Wildman–Crippen LogP) is -0.673. The molecule has 0 fully saturated rings. The van der Waals surface area contributed by atoms with Crippen LogP contribution in [-0.4, -0.2) is 8.42 Å². The van der Waals surface area contributed by atoms with Crippen LogP contribution >= 0.6 is 0 Å². The van der Waals surface area contributed by atoms with Gasteiger partial charge in [0.1, 0.15) is 0 Å². The van der Waals surface area contributed by atoms with Crippen molar-refractivity contribution in [3.05, 3.63) is 0 Å². The molecule has 0 aromatic carbocycles. The summed E-state index contributed by atoms with van der Waals surface area (Å²) in [6.07, 6.45) is 0. The van der Waals surface area contributed by atoms with Crippen molar-refractivity contribution in [3.63, 3.8) is 0 Å². The molecule has 2 nitrogen and oxygen atoms in total. The Labute approximate surface area is 39.9 Å². The van der Waals surface area contributed by atoms with E-state index in [4.69, 9.17) is 8.42 Å². The van der Waals surface area contributed by atoms with Gasteiger partial charge in [-0.3, -0.25) is 0 Å².